The molecule has 106 valence electrons. The van der Waals surface area contributed by atoms with Crippen molar-refractivity contribution in [1.82, 2.24) is 5.43 Å². The van der Waals surface area contributed by atoms with Crippen molar-refractivity contribution in [2.24, 2.45) is 23.6 Å². The molecule has 0 bridgehead atoms. The van der Waals surface area contributed by atoms with Gasteiger partial charge in [-0.2, -0.15) is 0 Å². The molecule has 0 amide bonds. The van der Waals surface area contributed by atoms with Crippen LogP contribution in [0, 0.1) is 24.7 Å². The van der Waals surface area contributed by atoms with Gasteiger partial charge >= 0.3 is 0 Å². The van der Waals surface area contributed by atoms with E-state index in [1.54, 1.807) is 0 Å². The van der Waals surface area contributed by atoms with Gasteiger partial charge in [0.25, 0.3) is 0 Å². The normalized spacial score (nSPS) is 29.2. The van der Waals surface area contributed by atoms with Crippen LogP contribution in [0.1, 0.15) is 50.3 Å². The topological polar surface area (TPSA) is 38.0 Å². The average Bonchev–Trinajstić information content (AvgIpc) is 2.38. The van der Waals surface area contributed by atoms with Crippen LogP contribution in [-0.2, 0) is 0 Å². The zero-order chi connectivity index (χ0) is 14.0. The van der Waals surface area contributed by atoms with Crippen molar-refractivity contribution in [3.8, 4) is 0 Å². The van der Waals surface area contributed by atoms with Crippen molar-refractivity contribution >= 4 is 15.9 Å². The molecule has 1 saturated carbocycles. The van der Waals surface area contributed by atoms with Crippen molar-refractivity contribution in [3.63, 3.8) is 0 Å². The first-order chi connectivity index (χ1) is 9.02. The number of halogens is 1. The molecule has 0 spiro atoms. The summed E-state index contributed by atoms with van der Waals surface area (Å²) in [5.74, 6) is 8.15. The molecular formula is C16H25BrN2. The van der Waals surface area contributed by atoms with Crippen molar-refractivity contribution in [2.45, 2.75) is 46.1 Å². The fraction of sp³-hybridized carbons (Fsp3) is 0.625. The summed E-state index contributed by atoms with van der Waals surface area (Å²) in [6.07, 6.45) is 3.85. The number of aryl methyl sites for hydroxylation is 1. The SMILES string of the molecule is Cc1ccc(Br)cc1C(NN)C1CCC(C)C(C)C1. The molecule has 1 fully saturated rings. The van der Waals surface area contributed by atoms with Crippen molar-refractivity contribution in [2.75, 3.05) is 0 Å². The van der Waals surface area contributed by atoms with E-state index in [1.807, 2.05) is 0 Å². The van der Waals surface area contributed by atoms with Gasteiger partial charge in [-0.15, -0.1) is 0 Å². The van der Waals surface area contributed by atoms with Crippen LogP contribution in [0.25, 0.3) is 0 Å². The van der Waals surface area contributed by atoms with Crippen molar-refractivity contribution in [1.29, 1.82) is 0 Å². The van der Waals surface area contributed by atoms with Crippen LogP contribution in [0.2, 0.25) is 0 Å². The van der Waals surface area contributed by atoms with E-state index in [0.29, 0.717) is 5.92 Å². The van der Waals surface area contributed by atoms with E-state index < -0.39 is 0 Å². The summed E-state index contributed by atoms with van der Waals surface area (Å²) in [5.41, 5.74) is 5.72. The first-order valence-electron chi connectivity index (χ1n) is 7.25. The van der Waals surface area contributed by atoms with E-state index in [1.165, 1.54) is 30.4 Å². The Morgan fingerprint density at radius 3 is 2.63 bits per heavy atom. The monoisotopic (exact) mass is 324 g/mol. The number of nitrogens with one attached hydrogen (secondary N) is 1. The molecule has 0 heterocycles. The molecule has 1 aliphatic carbocycles. The molecular weight excluding hydrogens is 300 g/mol. The van der Waals surface area contributed by atoms with Crippen LogP contribution < -0.4 is 11.3 Å². The maximum atomic E-state index is 5.87. The molecule has 3 heteroatoms. The highest BCUT2D eigenvalue weighted by atomic mass is 79.9. The summed E-state index contributed by atoms with van der Waals surface area (Å²) in [7, 11) is 0. The van der Waals surface area contributed by atoms with Gasteiger partial charge in [0, 0.05) is 10.5 Å². The van der Waals surface area contributed by atoms with E-state index in [-0.39, 0.29) is 6.04 Å². The highest BCUT2D eigenvalue weighted by Gasteiger charge is 2.31. The van der Waals surface area contributed by atoms with Gasteiger partial charge in [0.2, 0.25) is 0 Å². The number of hydrogen-bond donors (Lipinski definition) is 2. The summed E-state index contributed by atoms with van der Waals surface area (Å²) in [4.78, 5) is 0. The van der Waals surface area contributed by atoms with Gasteiger partial charge < -0.3 is 0 Å². The van der Waals surface area contributed by atoms with Crippen LogP contribution in [0.4, 0.5) is 0 Å². The number of nitrogens with two attached hydrogens (primary N) is 1. The van der Waals surface area contributed by atoms with Gasteiger partial charge in [-0.25, -0.2) is 0 Å². The van der Waals surface area contributed by atoms with Crippen LogP contribution in [-0.4, -0.2) is 0 Å². The molecule has 1 aliphatic rings. The number of hydrazine groups is 1. The Labute approximate surface area is 125 Å². The Balaban J connectivity index is 2.22. The lowest BCUT2D eigenvalue weighted by molar-refractivity contribution is 0.171. The minimum atomic E-state index is 0.271. The third-order valence-corrected chi connectivity index (χ3v) is 5.36. The lowest BCUT2D eigenvalue weighted by Gasteiger charge is -2.37. The second-order valence-electron chi connectivity index (χ2n) is 6.17. The molecule has 0 saturated heterocycles. The highest BCUT2D eigenvalue weighted by Crippen LogP contribution is 2.40. The Kier molecular flexibility index (Phi) is 5.04. The fourth-order valence-corrected chi connectivity index (χ4v) is 3.70. The molecule has 1 aromatic carbocycles. The van der Waals surface area contributed by atoms with Gasteiger partial charge in [0.1, 0.15) is 0 Å². The first-order valence-corrected chi connectivity index (χ1v) is 8.04. The number of hydrogen-bond acceptors (Lipinski definition) is 2. The summed E-state index contributed by atoms with van der Waals surface area (Å²) in [5, 5.41) is 0. The average molecular weight is 325 g/mol. The molecule has 3 N–H and O–H groups in total. The standard InChI is InChI=1S/C16H25BrN2/c1-10-4-6-13(8-12(10)3)16(19-18)15-9-14(17)7-5-11(15)2/h5,7,9-10,12-13,16,19H,4,6,8,18H2,1-3H3. The second-order valence-corrected chi connectivity index (χ2v) is 7.09. The van der Waals surface area contributed by atoms with Crippen LogP contribution in [0.3, 0.4) is 0 Å². The summed E-state index contributed by atoms with van der Waals surface area (Å²) in [6, 6.07) is 6.74. The Morgan fingerprint density at radius 1 is 1.26 bits per heavy atom. The summed E-state index contributed by atoms with van der Waals surface area (Å²) >= 11 is 3.57. The van der Waals surface area contributed by atoms with Gasteiger partial charge in [-0.05, 0) is 60.8 Å². The predicted octanol–water partition coefficient (Wildman–Crippen LogP) is 4.33. The largest absolute Gasteiger partial charge is 0.271 e. The molecule has 2 rings (SSSR count). The van der Waals surface area contributed by atoms with Crippen LogP contribution >= 0.6 is 15.9 Å². The maximum Gasteiger partial charge on any atom is 0.0491 e. The van der Waals surface area contributed by atoms with E-state index in [0.717, 1.165) is 16.3 Å². The molecule has 4 atom stereocenters. The smallest absolute Gasteiger partial charge is 0.0491 e. The van der Waals surface area contributed by atoms with E-state index in [9.17, 15) is 0 Å². The minimum absolute atomic E-state index is 0.271. The molecule has 1 aromatic rings. The number of rotatable bonds is 3. The van der Waals surface area contributed by atoms with Gasteiger partial charge in [0.15, 0.2) is 0 Å². The zero-order valence-electron chi connectivity index (χ0n) is 12.1. The first kappa shape index (κ1) is 15.0. The van der Waals surface area contributed by atoms with E-state index >= 15 is 0 Å². The minimum Gasteiger partial charge on any atom is -0.271 e. The van der Waals surface area contributed by atoms with Gasteiger partial charge in [-0.3, -0.25) is 11.3 Å². The zero-order valence-corrected chi connectivity index (χ0v) is 13.7. The molecule has 0 aliphatic heterocycles. The lowest BCUT2D eigenvalue weighted by Crippen LogP contribution is -2.37. The Morgan fingerprint density at radius 2 is 2.00 bits per heavy atom. The number of benzene rings is 1. The Hall–Kier alpha value is -0.380. The molecule has 4 unspecified atom stereocenters. The summed E-state index contributed by atoms with van der Waals surface area (Å²) in [6.45, 7) is 6.91. The quantitative estimate of drug-likeness (QED) is 0.641. The van der Waals surface area contributed by atoms with Crippen molar-refractivity contribution in [3.05, 3.63) is 33.8 Å². The van der Waals surface area contributed by atoms with Gasteiger partial charge in [0.05, 0.1) is 0 Å². The molecule has 0 aromatic heterocycles. The third kappa shape index (κ3) is 3.39. The molecule has 19 heavy (non-hydrogen) atoms. The van der Waals surface area contributed by atoms with E-state index in [4.69, 9.17) is 5.84 Å². The second kappa shape index (κ2) is 6.38. The van der Waals surface area contributed by atoms with Crippen molar-refractivity contribution < 1.29 is 0 Å². The van der Waals surface area contributed by atoms with Crippen LogP contribution in [0.5, 0.6) is 0 Å². The fourth-order valence-electron chi connectivity index (χ4n) is 3.32. The third-order valence-electron chi connectivity index (χ3n) is 4.87. The predicted molar refractivity (Wildman–Crippen MR) is 84.6 cm³/mol. The summed E-state index contributed by atoms with van der Waals surface area (Å²) < 4.78 is 1.13. The molecule has 2 nitrogen and oxygen atoms in total. The lowest BCUT2D eigenvalue weighted by atomic mass is 9.72. The highest BCUT2D eigenvalue weighted by molar-refractivity contribution is 9.10. The maximum absolute atomic E-state index is 5.87. The molecule has 0 radical (unpaired) electrons. The Bertz CT molecular complexity index is 433. The van der Waals surface area contributed by atoms with Crippen LogP contribution in [0.15, 0.2) is 22.7 Å². The van der Waals surface area contributed by atoms with E-state index in [2.05, 4.69) is 60.3 Å². The van der Waals surface area contributed by atoms with Gasteiger partial charge in [-0.1, -0.05) is 42.3 Å².